The molecule has 0 atom stereocenters. The van der Waals surface area contributed by atoms with E-state index in [1.807, 2.05) is 0 Å². The number of nitrogen functional groups attached to an aromatic ring is 1. The highest BCUT2D eigenvalue weighted by Crippen LogP contribution is 2.16. The molecule has 0 aliphatic heterocycles. The number of hydrogen-bond donors (Lipinski definition) is 2. The van der Waals surface area contributed by atoms with Crippen LogP contribution < -0.4 is 11.3 Å². The molecule has 0 aliphatic rings. The number of aromatic amines is 1. The SMILES string of the molecule is CC(C)Cc1[nH]c(=O)c(N)cc1Cl. The van der Waals surface area contributed by atoms with Gasteiger partial charge in [0.1, 0.15) is 0 Å². The summed E-state index contributed by atoms with van der Waals surface area (Å²) in [6, 6.07) is 1.50. The lowest BCUT2D eigenvalue weighted by atomic mass is 10.1. The van der Waals surface area contributed by atoms with Crippen LogP contribution >= 0.6 is 11.6 Å². The van der Waals surface area contributed by atoms with Gasteiger partial charge in [-0.1, -0.05) is 25.4 Å². The highest BCUT2D eigenvalue weighted by atomic mass is 35.5. The first-order valence-corrected chi connectivity index (χ1v) is 4.55. The van der Waals surface area contributed by atoms with Gasteiger partial charge in [-0.2, -0.15) is 0 Å². The number of aromatic nitrogens is 1. The van der Waals surface area contributed by atoms with Gasteiger partial charge in [0.25, 0.3) is 5.56 Å². The number of H-pyrrole nitrogens is 1. The fourth-order valence-corrected chi connectivity index (χ4v) is 1.36. The third-order valence-corrected chi connectivity index (χ3v) is 2.05. The third-order valence-electron chi connectivity index (χ3n) is 1.71. The Morgan fingerprint density at radius 2 is 2.23 bits per heavy atom. The standard InChI is InChI=1S/C9H13ClN2O/c1-5(2)3-8-6(10)4-7(11)9(13)12-8/h4-5H,3,11H2,1-2H3,(H,12,13). The van der Waals surface area contributed by atoms with Crippen LogP contribution in [0.3, 0.4) is 0 Å². The van der Waals surface area contributed by atoms with Gasteiger partial charge in [-0.15, -0.1) is 0 Å². The van der Waals surface area contributed by atoms with E-state index in [1.54, 1.807) is 0 Å². The highest BCUT2D eigenvalue weighted by Gasteiger charge is 2.06. The van der Waals surface area contributed by atoms with Crippen molar-refractivity contribution in [3.63, 3.8) is 0 Å². The van der Waals surface area contributed by atoms with Gasteiger partial charge in [0, 0.05) is 5.69 Å². The summed E-state index contributed by atoms with van der Waals surface area (Å²) in [5.74, 6) is 0.455. The number of nitrogens with one attached hydrogen (secondary N) is 1. The van der Waals surface area contributed by atoms with Crippen LogP contribution in [-0.4, -0.2) is 4.98 Å². The Hall–Kier alpha value is -0.960. The van der Waals surface area contributed by atoms with Gasteiger partial charge in [0.05, 0.1) is 10.7 Å². The van der Waals surface area contributed by atoms with Crippen LogP contribution in [0.5, 0.6) is 0 Å². The molecule has 72 valence electrons. The normalized spacial score (nSPS) is 10.8. The van der Waals surface area contributed by atoms with E-state index >= 15 is 0 Å². The summed E-state index contributed by atoms with van der Waals surface area (Å²) in [6.07, 6.45) is 0.758. The molecule has 0 unspecified atom stereocenters. The van der Waals surface area contributed by atoms with E-state index in [2.05, 4.69) is 18.8 Å². The highest BCUT2D eigenvalue weighted by molar-refractivity contribution is 6.31. The Labute approximate surface area is 81.9 Å². The molecular formula is C9H13ClN2O. The molecule has 0 saturated carbocycles. The molecule has 3 N–H and O–H groups in total. The number of anilines is 1. The Morgan fingerprint density at radius 1 is 1.62 bits per heavy atom. The fourth-order valence-electron chi connectivity index (χ4n) is 1.11. The van der Waals surface area contributed by atoms with E-state index < -0.39 is 0 Å². The van der Waals surface area contributed by atoms with E-state index in [1.165, 1.54) is 6.07 Å². The predicted octanol–water partition coefficient (Wildman–Crippen LogP) is 1.81. The van der Waals surface area contributed by atoms with Crippen molar-refractivity contribution in [2.45, 2.75) is 20.3 Å². The van der Waals surface area contributed by atoms with Crippen LogP contribution in [0.1, 0.15) is 19.5 Å². The first-order chi connectivity index (χ1) is 6.00. The molecule has 0 saturated heterocycles. The third kappa shape index (κ3) is 2.49. The second kappa shape index (κ2) is 3.83. The maximum Gasteiger partial charge on any atom is 0.271 e. The first kappa shape index (κ1) is 10.1. The van der Waals surface area contributed by atoms with E-state index in [-0.39, 0.29) is 11.2 Å². The number of hydrogen-bond acceptors (Lipinski definition) is 2. The zero-order valence-electron chi connectivity index (χ0n) is 7.73. The average molecular weight is 201 g/mol. The number of nitrogens with two attached hydrogens (primary N) is 1. The molecule has 0 bridgehead atoms. The van der Waals surface area contributed by atoms with E-state index in [9.17, 15) is 4.79 Å². The second-order valence-corrected chi connectivity index (χ2v) is 3.89. The minimum absolute atomic E-state index is 0.164. The van der Waals surface area contributed by atoms with Gasteiger partial charge in [0.15, 0.2) is 0 Å². The van der Waals surface area contributed by atoms with Crippen molar-refractivity contribution < 1.29 is 0 Å². The lowest BCUT2D eigenvalue weighted by molar-refractivity contribution is 0.634. The minimum Gasteiger partial charge on any atom is -0.394 e. The lowest BCUT2D eigenvalue weighted by Crippen LogP contribution is -2.14. The van der Waals surface area contributed by atoms with Crippen molar-refractivity contribution in [3.05, 3.63) is 27.1 Å². The van der Waals surface area contributed by atoms with Crippen molar-refractivity contribution in [2.24, 2.45) is 5.92 Å². The Bertz CT molecular complexity index is 357. The maximum atomic E-state index is 11.1. The number of pyridine rings is 1. The Kier molecular flexibility index (Phi) is 2.98. The molecule has 4 heteroatoms. The molecule has 0 aromatic carbocycles. The van der Waals surface area contributed by atoms with Crippen molar-refractivity contribution in [1.29, 1.82) is 0 Å². The maximum absolute atomic E-state index is 11.1. The van der Waals surface area contributed by atoms with E-state index in [0.717, 1.165) is 12.1 Å². The van der Waals surface area contributed by atoms with Gasteiger partial charge in [-0.3, -0.25) is 4.79 Å². The topological polar surface area (TPSA) is 58.9 Å². The lowest BCUT2D eigenvalue weighted by Gasteiger charge is -2.07. The molecule has 0 spiro atoms. The first-order valence-electron chi connectivity index (χ1n) is 4.18. The summed E-state index contributed by atoms with van der Waals surface area (Å²) in [7, 11) is 0. The van der Waals surface area contributed by atoms with Crippen LogP contribution in [0, 0.1) is 5.92 Å². The Balaban J connectivity index is 3.09. The predicted molar refractivity (Wildman–Crippen MR) is 55.0 cm³/mol. The molecule has 1 aromatic rings. The molecule has 3 nitrogen and oxygen atoms in total. The molecule has 1 aromatic heterocycles. The van der Waals surface area contributed by atoms with Gasteiger partial charge in [0.2, 0.25) is 0 Å². The van der Waals surface area contributed by atoms with Gasteiger partial charge >= 0.3 is 0 Å². The van der Waals surface area contributed by atoms with Crippen LogP contribution in [0.15, 0.2) is 10.9 Å². The average Bonchev–Trinajstić information content (AvgIpc) is 1.99. The Morgan fingerprint density at radius 3 is 2.77 bits per heavy atom. The smallest absolute Gasteiger partial charge is 0.271 e. The zero-order valence-corrected chi connectivity index (χ0v) is 8.48. The quantitative estimate of drug-likeness (QED) is 0.765. The summed E-state index contributed by atoms with van der Waals surface area (Å²) in [5, 5.41) is 0.533. The van der Waals surface area contributed by atoms with Crippen molar-refractivity contribution in [3.8, 4) is 0 Å². The number of rotatable bonds is 2. The van der Waals surface area contributed by atoms with Gasteiger partial charge in [-0.05, 0) is 18.4 Å². The van der Waals surface area contributed by atoms with E-state index in [0.29, 0.717) is 10.9 Å². The summed E-state index contributed by atoms with van der Waals surface area (Å²) in [5.41, 5.74) is 6.05. The summed E-state index contributed by atoms with van der Waals surface area (Å²) in [6.45, 7) is 4.12. The summed E-state index contributed by atoms with van der Waals surface area (Å²) < 4.78 is 0. The second-order valence-electron chi connectivity index (χ2n) is 3.48. The monoisotopic (exact) mass is 200 g/mol. The minimum atomic E-state index is -0.264. The molecule has 0 radical (unpaired) electrons. The molecular weight excluding hydrogens is 188 g/mol. The molecule has 1 heterocycles. The van der Waals surface area contributed by atoms with Crippen molar-refractivity contribution in [1.82, 2.24) is 4.98 Å². The largest absolute Gasteiger partial charge is 0.394 e. The molecule has 1 rings (SSSR count). The fraction of sp³-hybridized carbons (Fsp3) is 0.444. The van der Waals surface area contributed by atoms with E-state index in [4.69, 9.17) is 17.3 Å². The molecule has 0 fully saturated rings. The van der Waals surface area contributed by atoms with Crippen molar-refractivity contribution >= 4 is 17.3 Å². The number of halogens is 1. The van der Waals surface area contributed by atoms with Crippen LogP contribution in [0.2, 0.25) is 5.02 Å². The summed E-state index contributed by atoms with van der Waals surface area (Å²) in [4.78, 5) is 13.8. The van der Waals surface area contributed by atoms with Gasteiger partial charge < -0.3 is 10.7 Å². The van der Waals surface area contributed by atoms with Crippen LogP contribution in [-0.2, 0) is 6.42 Å². The summed E-state index contributed by atoms with van der Waals surface area (Å²) >= 11 is 5.90. The van der Waals surface area contributed by atoms with Crippen LogP contribution in [0.4, 0.5) is 5.69 Å². The molecule has 0 aliphatic carbocycles. The van der Waals surface area contributed by atoms with Crippen LogP contribution in [0.25, 0.3) is 0 Å². The van der Waals surface area contributed by atoms with Gasteiger partial charge in [-0.25, -0.2) is 0 Å². The zero-order chi connectivity index (χ0) is 10.0. The molecule has 0 amide bonds. The van der Waals surface area contributed by atoms with Crippen molar-refractivity contribution in [2.75, 3.05) is 5.73 Å². The molecule has 13 heavy (non-hydrogen) atoms.